The van der Waals surface area contributed by atoms with Gasteiger partial charge in [-0.05, 0) is 18.2 Å². The Balaban J connectivity index is 2.29. The first-order valence-corrected chi connectivity index (χ1v) is 8.03. The average Bonchev–Trinajstić information content (AvgIpc) is 2.64. The number of methoxy groups -OCH3 is 3. The minimum atomic E-state index is -0.482. The van der Waals surface area contributed by atoms with Crippen LogP contribution in [0.3, 0.4) is 0 Å². The van der Waals surface area contributed by atoms with Crippen LogP contribution in [0.15, 0.2) is 36.4 Å². The van der Waals surface area contributed by atoms with Crippen LogP contribution in [0.25, 0.3) is 0 Å². The second-order valence-electron chi connectivity index (χ2n) is 5.55. The lowest BCUT2D eigenvalue weighted by Gasteiger charge is -2.23. The zero-order chi connectivity index (χ0) is 20.0. The fourth-order valence-electron chi connectivity index (χ4n) is 2.52. The molecule has 0 heterocycles. The van der Waals surface area contributed by atoms with Crippen LogP contribution in [0.1, 0.15) is 6.92 Å². The third-order valence-corrected chi connectivity index (χ3v) is 3.75. The quantitative estimate of drug-likeness (QED) is 0.804. The van der Waals surface area contributed by atoms with Crippen molar-refractivity contribution < 1.29 is 28.2 Å². The van der Waals surface area contributed by atoms with Crippen LogP contribution in [0.2, 0.25) is 0 Å². The average molecular weight is 376 g/mol. The maximum atomic E-state index is 13.3. The number of hydrogen-bond acceptors (Lipinski definition) is 5. The molecular formula is C19H21FN2O5. The largest absolute Gasteiger partial charge is 0.493 e. The van der Waals surface area contributed by atoms with Gasteiger partial charge in [-0.1, -0.05) is 6.07 Å². The fourth-order valence-corrected chi connectivity index (χ4v) is 2.52. The molecule has 0 saturated heterocycles. The highest BCUT2D eigenvalue weighted by Gasteiger charge is 2.21. The van der Waals surface area contributed by atoms with Crippen molar-refractivity contribution in [3.8, 4) is 17.2 Å². The number of halogens is 1. The van der Waals surface area contributed by atoms with E-state index in [9.17, 15) is 14.0 Å². The summed E-state index contributed by atoms with van der Waals surface area (Å²) in [7, 11) is 4.38. The van der Waals surface area contributed by atoms with E-state index in [4.69, 9.17) is 14.2 Å². The highest BCUT2D eigenvalue weighted by Crippen LogP contribution is 2.41. The summed E-state index contributed by atoms with van der Waals surface area (Å²) < 4.78 is 29.1. The summed E-state index contributed by atoms with van der Waals surface area (Å²) in [6.07, 6.45) is 0. The van der Waals surface area contributed by atoms with E-state index < -0.39 is 11.7 Å². The Kier molecular flexibility index (Phi) is 6.59. The predicted molar refractivity (Wildman–Crippen MR) is 99.2 cm³/mol. The standard InChI is InChI=1S/C19H21FN2O5/c1-12(23)22(11-18(24)21-14-7-5-6-13(20)8-14)15-9-16(25-2)19(27-4)17(10-15)26-3/h5-10H,11H2,1-4H3,(H,21,24). The van der Waals surface area contributed by atoms with Crippen LogP contribution in [-0.2, 0) is 9.59 Å². The van der Waals surface area contributed by atoms with E-state index in [1.165, 1.54) is 51.4 Å². The maximum Gasteiger partial charge on any atom is 0.244 e. The fraction of sp³-hybridized carbons (Fsp3) is 0.263. The second kappa shape index (κ2) is 8.88. The van der Waals surface area contributed by atoms with Crippen LogP contribution in [0.5, 0.6) is 17.2 Å². The third kappa shape index (κ3) is 4.87. The molecule has 0 bridgehead atoms. The highest BCUT2D eigenvalue weighted by atomic mass is 19.1. The minimum absolute atomic E-state index is 0.273. The molecule has 7 nitrogen and oxygen atoms in total. The van der Waals surface area contributed by atoms with Crippen molar-refractivity contribution in [1.29, 1.82) is 0 Å². The summed E-state index contributed by atoms with van der Waals surface area (Å²) in [5.41, 5.74) is 0.694. The van der Waals surface area contributed by atoms with E-state index in [1.807, 2.05) is 0 Å². The molecule has 1 N–H and O–H groups in total. The normalized spacial score (nSPS) is 10.1. The van der Waals surface area contributed by atoms with Gasteiger partial charge >= 0.3 is 0 Å². The van der Waals surface area contributed by atoms with Gasteiger partial charge in [0.2, 0.25) is 17.6 Å². The van der Waals surface area contributed by atoms with Crippen molar-refractivity contribution in [2.75, 3.05) is 38.1 Å². The number of carbonyl (C=O) groups excluding carboxylic acids is 2. The molecule has 0 spiro atoms. The summed E-state index contributed by atoms with van der Waals surface area (Å²) in [4.78, 5) is 25.7. The number of rotatable bonds is 7. The molecule has 144 valence electrons. The van der Waals surface area contributed by atoms with E-state index >= 15 is 0 Å². The van der Waals surface area contributed by atoms with Gasteiger partial charge < -0.3 is 24.4 Å². The number of ether oxygens (including phenoxy) is 3. The van der Waals surface area contributed by atoms with Crippen molar-refractivity contribution in [2.45, 2.75) is 6.92 Å². The Morgan fingerprint density at radius 3 is 2.15 bits per heavy atom. The molecule has 0 fully saturated rings. The molecule has 0 aromatic heterocycles. The van der Waals surface area contributed by atoms with E-state index in [0.29, 0.717) is 28.6 Å². The maximum absolute atomic E-state index is 13.3. The van der Waals surface area contributed by atoms with E-state index in [2.05, 4.69) is 5.32 Å². The molecule has 0 aliphatic carbocycles. The van der Waals surface area contributed by atoms with Crippen molar-refractivity contribution >= 4 is 23.2 Å². The number of benzene rings is 2. The molecule has 0 aliphatic rings. The summed E-state index contributed by atoms with van der Waals surface area (Å²) in [5, 5.41) is 2.56. The molecule has 0 saturated carbocycles. The Hall–Kier alpha value is -3.29. The van der Waals surface area contributed by atoms with Crippen molar-refractivity contribution in [3.05, 3.63) is 42.2 Å². The van der Waals surface area contributed by atoms with Gasteiger partial charge in [-0.3, -0.25) is 9.59 Å². The Labute approximate surface area is 156 Å². The van der Waals surface area contributed by atoms with Gasteiger partial charge in [-0.2, -0.15) is 0 Å². The zero-order valence-corrected chi connectivity index (χ0v) is 15.5. The van der Waals surface area contributed by atoms with Crippen LogP contribution in [-0.4, -0.2) is 39.7 Å². The number of nitrogens with one attached hydrogen (secondary N) is 1. The molecule has 2 aromatic carbocycles. The van der Waals surface area contributed by atoms with Gasteiger partial charge in [-0.15, -0.1) is 0 Å². The molecule has 2 amide bonds. The first-order valence-electron chi connectivity index (χ1n) is 8.03. The lowest BCUT2D eigenvalue weighted by atomic mass is 10.2. The number of anilines is 2. The van der Waals surface area contributed by atoms with Gasteiger partial charge in [-0.25, -0.2) is 4.39 Å². The van der Waals surface area contributed by atoms with Gasteiger partial charge in [0.1, 0.15) is 12.4 Å². The predicted octanol–water partition coefficient (Wildman–Crippen LogP) is 2.84. The van der Waals surface area contributed by atoms with E-state index in [1.54, 1.807) is 18.2 Å². The van der Waals surface area contributed by atoms with Gasteiger partial charge in [0.05, 0.1) is 27.0 Å². The SMILES string of the molecule is COc1cc(N(CC(=O)Nc2cccc(F)c2)C(C)=O)cc(OC)c1OC. The van der Waals surface area contributed by atoms with Crippen molar-refractivity contribution in [2.24, 2.45) is 0 Å². The molecule has 0 aliphatic heterocycles. The number of amides is 2. The summed E-state index contributed by atoms with van der Waals surface area (Å²) in [5.74, 6) is -0.243. The Morgan fingerprint density at radius 1 is 1.04 bits per heavy atom. The molecule has 0 unspecified atom stereocenters. The minimum Gasteiger partial charge on any atom is -0.493 e. The highest BCUT2D eigenvalue weighted by molar-refractivity contribution is 6.02. The number of carbonyl (C=O) groups is 2. The Bertz CT molecular complexity index is 816. The van der Waals surface area contributed by atoms with E-state index in [0.717, 1.165) is 0 Å². The van der Waals surface area contributed by atoms with Gasteiger partial charge in [0.25, 0.3) is 0 Å². The molecule has 2 rings (SSSR count). The molecule has 0 radical (unpaired) electrons. The van der Waals surface area contributed by atoms with Crippen molar-refractivity contribution in [1.82, 2.24) is 0 Å². The second-order valence-corrected chi connectivity index (χ2v) is 5.55. The summed E-state index contributed by atoms with van der Waals surface area (Å²) >= 11 is 0. The topological polar surface area (TPSA) is 77.1 Å². The van der Waals surface area contributed by atoms with E-state index in [-0.39, 0.29) is 12.5 Å². The zero-order valence-electron chi connectivity index (χ0n) is 15.5. The third-order valence-electron chi connectivity index (χ3n) is 3.75. The number of nitrogens with zero attached hydrogens (tertiary/aromatic N) is 1. The van der Waals surface area contributed by atoms with Crippen LogP contribution in [0, 0.1) is 5.82 Å². The lowest BCUT2D eigenvalue weighted by molar-refractivity contribution is -0.120. The monoisotopic (exact) mass is 376 g/mol. The Morgan fingerprint density at radius 2 is 1.67 bits per heavy atom. The van der Waals surface area contributed by atoms with Crippen LogP contribution < -0.4 is 24.4 Å². The summed E-state index contributed by atoms with van der Waals surface area (Å²) in [6.45, 7) is 1.06. The molecule has 2 aromatic rings. The first kappa shape index (κ1) is 20.0. The van der Waals surface area contributed by atoms with Crippen LogP contribution >= 0.6 is 0 Å². The smallest absolute Gasteiger partial charge is 0.244 e. The lowest BCUT2D eigenvalue weighted by Crippen LogP contribution is -2.36. The molecular weight excluding hydrogens is 355 g/mol. The van der Waals surface area contributed by atoms with Crippen LogP contribution in [0.4, 0.5) is 15.8 Å². The summed E-state index contributed by atoms with van der Waals surface area (Å²) in [6, 6.07) is 8.63. The number of hydrogen-bond donors (Lipinski definition) is 1. The van der Waals surface area contributed by atoms with Crippen molar-refractivity contribution in [3.63, 3.8) is 0 Å². The molecule has 8 heteroatoms. The molecule has 0 atom stereocenters. The van der Waals surface area contributed by atoms with Gasteiger partial charge in [0, 0.05) is 24.7 Å². The first-order chi connectivity index (χ1) is 12.9. The van der Waals surface area contributed by atoms with Gasteiger partial charge in [0.15, 0.2) is 11.5 Å². The molecule has 27 heavy (non-hydrogen) atoms.